The first kappa shape index (κ1) is 13.3. The van der Waals surface area contributed by atoms with E-state index in [9.17, 15) is 0 Å². The Morgan fingerprint density at radius 1 is 1.21 bits per heavy atom. The van der Waals surface area contributed by atoms with Crippen molar-refractivity contribution in [1.82, 2.24) is 9.97 Å². The Bertz CT molecular complexity index is 502. The van der Waals surface area contributed by atoms with Crippen LogP contribution in [0.1, 0.15) is 18.9 Å². The van der Waals surface area contributed by atoms with Crippen LogP contribution in [0, 0.1) is 0 Å². The number of benzene rings is 1. The summed E-state index contributed by atoms with van der Waals surface area (Å²) in [5.41, 5.74) is 1.36. The second kappa shape index (κ2) is 6.73. The van der Waals surface area contributed by atoms with Crippen molar-refractivity contribution in [1.29, 1.82) is 0 Å². The van der Waals surface area contributed by atoms with E-state index in [1.165, 1.54) is 11.9 Å². The summed E-state index contributed by atoms with van der Waals surface area (Å²) >= 11 is 0. The zero-order valence-electron chi connectivity index (χ0n) is 11.3. The maximum absolute atomic E-state index is 5.07. The fraction of sp³-hybridized carbons (Fsp3) is 0.333. The Balaban J connectivity index is 1.85. The molecule has 0 spiro atoms. The Morgan fingerprint density at radius 3 is 2.74 bits per heavy atom. The number of rotatable bonds is 6. The van der Waals surface area contributed by atoms with Crippen LogP contribution in [0.25, 0.3) is 0 Å². The molecule has 0 radical (unpaired) electrons. The third-order valence-electron chi connectivity index (χ3n) is 2.95. The summed E-state index contributed by atoms with van der Waals surface area (Å²) in [6, 6.07) is 12.6. The highest BCUT2D eigenvalue weighted by molar-refractivity contribution is 5.37. The zero-order valence-corrected chi connectivity index (χ0v) is 11.3. The van der Waals surface area contributed by atoms with E-state index in [1.54, 1.807) is 13.2 Å². The van der Waals surface area contributed by atoms with Crippen molar-refractivity contribution in [3.63, 3.8) is 0 Å². The summed E-state index contributed by atoms with van der Waals surface area (Å²) in [7, 11) is 1.60. The Labute approximate surface area is 113 Å². The van der Waals surface area contributed by atoms with Crippen LogP contribution in [-0.2, 0) is 6.42 Å². The molecule has 4 heteroatoms. The van der Waals surface area contributed by atoms with E-state index in [-0.39, 0.29) is 0 Å². The molecule has 0 aliphatic heterocycles. The van der Waals surface area contributed by atoms with E-state index in [2.05, 4.69) is 46.5 Å². The summed E-state index contributed by atoms with van der Waals surface area (Å²) < 4.78 is 5.07. The number of hydrogen-bond acceptors (Lipinski definition) is 4. The van der Waals surface area contributed by atoms with Gasteiger partial charge in [-0.15, -0.1) is 0 Å². The highest BCUT2D eigenvalue weighted by Crippen LogP contribution is 2.13. The van der Waals surface area contributed by atoms with Crippen LogP contribution >= 0.6 is 0 Å². The summed E-state index contributed by atoms with van der Waals surface area (Å²) in [5, 5.41) is 3.36. The fourth-order valence-electron chi connectivity index (χ4n) is 1.88. The van der Waals surface area contributed by atoms with Crippen LogP contribution in [0.5, 0.6) is 5.88 Å². The second-order valence-corrected chi connectivity index (χ2v) is 4.52. The van der Waals surface area contributed by atoms with Gasteiger partial charge in [0, 0.05) is 12.1 Å². The summed E-state index contributed by atoms with van der Waals surface area (Å²) in [4.78, 5) is 8.17. The number of hydrogen-bond donors (Lipinski definition) is 1. The molecule has 0 aliphatic rings. The molecule has 0 saturated heterocycles. The summed E-state index contributed by atoms with van der Waals surface area (Å²) in [5.74, 6) is 1.38. The van der Waals surface area contributed by atoms with Crippen LogP contribution < -0.4 is 10.1 Å². The zero-order chi connectivity index (χ0) is 13.5. The van der Waals surface area contributed by atoms with Crippen LogP contribution in [0.3, 0.4) is 0 Å². The number of nitrogens with zero attached hydrogens (tertiary/aromatic N) is 2. The lowest BCUT2D eigenvalue weighted by molar-refractivity contribution is 0.397. The molecule has 2 aromatic rings. The van der Waals surface area contributed by atoms with Crippen molar-refractivity contribution in [2.45, 2.75) is 25.8 Å². The van der Waals surface area contributed by atoms with Crippen molar-refractivity contribution >= 4 is 5.82 Å². The number of ether oxygens (including phenoxy) is 1. The Kier molecular flexibility index (Phi) is 4.72. The molecular formula is C15H19N3O. The number of aryl methyl sites for hydroxylation is 1. The second-order valence-electron chi connectivity index (χ2n) is 4.52. The highest BCUT2D eigenvalue weighted by Gasteiger charge is 2.05. The first-order chi connectivity index (χ1) is 9.28. The summed E-state index contributed by atoms with van der Waals surface area (Å²) in [6.45, 7) is 2.15. The van der Waals surface area contributed by atoms with E-state index >= 15 is 0 Å². The lowest BCUT2D eigenvalue weighted by Crippen LogP contribution is -2.17. The van der Waals surface area contributed by atoms with E-state index < -0.39 is 0 Å². The van der Waals surface area contributed by atoms with Gasteiger partial charge < -0.3 is 10.1 Å². The first-order valence-corrected chi connectivity index (χ1v) is 6.44. The molecule has 100 valence electrons. The number of methoxy groups -OCH3 is 1. The first-order valence-electron chi connectivity index (χ1n) is 6.44. The van der Waals surface area contributed by atoms with Gasteiger partial charge in [0.1, 0.15) is 12.1 Å². The van der Waals surface area contributed by atoms with Gasteiger partial charge in [0.15, 0.2) is 0 Å². The minimum Gasteiger partial charge on any atom is -0.481 e. The predicted octanol–water partition coefficient (Wildman–Crippen LogP) is 2.92. The average molecular weight is 257 g/mol. The maximum Gasteiger partial charge on any atom is 0.218 e. The minimum absolute atomic E-state index is 0.347. The van der Waals surface area contributed by atoms with Gasteiger partial charge in [-0.1, -0.05) is 30.3 Å². The molecule has 0 saturated carbocycles. The molecule has 1 aromatic carbocycles. The van der Waals surface area contributed by atoms with E-state index in [4.69, 9.17) is 4.74 Å². The Morgan fingerprint density at radius 2 is 2.00 bits per heavy atom. The van der Waals surface area contributed by atoms with Crippen molar-refractivity contribution in [3.8, 4) is 5.88 Å². The topological polar surface area (TPSA) is 47.0 Å². The molecule has 1 N–H and O–H groups in total. The van der Waals surface area contributed by atoms with E-state index in [0.717, 1.165) is 18.7 Å². The van der Waals surface area contributed by atoms with Gasteiger partial charge in [-0.3, -0.25) is 0 Å². The molecule has 0 aliphatic carbocycles. The normalized spacial score (nSPS) is 11.9. The van der Waals surface area contributed by atoms with Crippen molar-refractivity contribution in [3.05, 3.63) is 48.3 Å². The molecule has 1 atom stereocenters. The Hall–Kier alpha value is -2.10. The van der Waals surface area contributed by atoms with Crippen LogP contribution in [0.4, 0.5) is 5.82 Å². The third kappa shape index (κ3) is 4.25. The molecule has 0 amide bonds. The third-order valence-corrected chi connectivity index (χ3v) is 2.95. The summed E-state index contributed by atoms with van der Waals surface area (Å²) in [6.07, 6.45) is 3.61. The molecular weight excluding hydrogens is 238 g/mol. The van der Waals surface area contributed by atoms with E-state index in [0.29, 0.717) is 11.9 Å². The smallest absolute Gasteiger partial charge is 0.218 e. The van der Waals surface area contributed by atoms with Gasteiger partial charge in [0.05, 0.1) is 7.11 Å². The highest BCUT2D eigenvalue weighted by atomic mass is 16.5. The molecule has 0 fully saturated rings. The number of aromatic nitrogens is 2. The van der Waals surface area contributed by atoms with Crippen LogP contribution in [-0.4, -0.2) is 23.1 Å². The van der Waals surface area contributed by atoms with Crippen molar-refractivity contribution < 1.29 is 4.74 Å². The molecule has 1 unspecified atom stereocenters. The standard InChI is InChI=1S/C15H19N3O/c1-12(8-9-13-6-4-3-5-7-13)18-14-10-15(19-2)17-11-16-14/h3-7,10-12H,8-9H2,1-2H3,(H,16,17,18). The SMILES string of the molecule is COc1cc(NC(C)CCc2ccccc2)ncn1. The van der Waals surface area contributed by atoms with Gasteiger partial charge in [-0.05, 0) is 25.3 Å². The lowest BCUT2D eigenvalue weighted by Gasteiger charge is -2.14. The monoisotopic (exact) mass is 257 g/mol. The number of anilines is 1. The quantitative estimate of drug-likeness (QED) is 0.864. The van der Waals surface area contributed by atoms with Crippen molar-refractivity contribution in [2.24, 2.45) is 0 Å². The predicted molar refractivity (Wildman–Crippen MR) is 76.4 cm³/mol. The number of nitrogens with one attached hydrogen (secondary N) is 1. The molecule has 2 rings (SSSR count). The van der Waals surface area contributed by atoms with Crippen LogP contribution in [0.2, 0.25) is 0 Å². The van der Waals surface area contributed by atoms with Gasteiger partial charge in [0.25, 0.3) is 0 Å². The average Bonchev–Trinajstić information content (AvgIpc) is 2.46. The van der Waals surface area contributed by atoms with Gasteiger partial charge in [0.2, 0.25) is 5.88 Å². The molecule has 0 bridgehead atoms. The minimum atomic E-state index is 0.347. The van der Waals surface area contributed by atoms with Gasteiger partial charge >= 0.3 is 0 Å². The molecule has 19 heavy (non-hydrogen) atoms. The lowest BCUT2D eigenvalue weighted by atomic mass is 10.1. The van der Waals surface area contributed by atoms with Crippen LogP contribution in [0.15, 0.2) is 42.7 Å². The molecule has 1 aromatic heterocycles. The maximum atomic E-state index is 5.07. The largest absolute Gasteiger partial charge is 0.481 e. The fourth-order valence-corrected chi connectivity index (χ4v) is 1.88. The molecule has 1 heterocycles. The van der Waals surface area contributed by atoms with E-state index in [1.807, 2.05) is 6.07 Å². The molecule has 4 nitrogen and oxygen atoms in total. The van der Waals surface area contributed by atoms with Gasteiger partial charge in [-0.2, -0.15) is 0 Å². The van der Waals surface area contributed by atoms with Crippen molar-refractivity contribution in [2.75, 3.05) is 12.4 Å². The van der Waals surface area contributed by atoms with Gasteiger partial charge in [-0.25, -0.2) is 9.97 Å².